The lowest BCUT2D eigenvalue weighted by Gasteiger charge is -2.23. The van der Waals surface area contributed by atoms with Gasteiger partial charge in [0.15, 0.2) is 0 Å². The van der Waals surface area contributed by atoms with Crippen molar-refractivity contribution < 1.29 is 14.4 Å². The Labute approximate surface area is 257 Å². The molecule has 0 aliphatic carbocycles. The fourth-order valence-electron chi connectivity index (χ4n) is 4.52. The number of benzene rings is 1. The van der Waals surface area contributed by atoms with Crippen LogP contribution in [0.25, 0.3) is 0 Å². The lowest BCUT2D eigenvalue weighted by atomic mass is 10.1. The van der Waals surface area contributed by atoms with Crippen molar-refractivity contribution in [3.05, 3.63) is 65.7 Å². The molecule has 2 heterocycles. The number of carbonyl (C=O) groups is 3. The molecule has 0 saturated carbocycles. The molecule has 3 rings (SSSR count). The zero-order chi connectivity index (χ0) is 30.6. The molecule has 228 valence electrons. The number of hydrogen-bond acceptors (Lipinski definition) is 5. The van der Waals surface area contributed by atoms with Crippen LogP contribution in [0.3, 0.4) is 0 Å². The topological polar surface area (TPSA) is 104 Å². The smallest absolute Gasteiger partial charge is 0.272 e. The van der Waals surface area contributed by atoms with Crippen LogP contribution in [0.2, 0.25) is 0 Å². The number of anilines is 3. The molecule has 42 heavy (non-hydrogen) atoms. The summed E-state index contributed by atoms with van der Waals surface area (Å²) < 4.78 is 3.32. The second-order valence-electron chi connectivity index (χ2n) is 10.4. The molecule has 0 spiro atoms. The standard InChI is InChI=1S/C30H41Cl2N7O3/c1-36(2)17-14-33-29(41)26-19-24(21-37(26)3)35-30(42)27-18-23(20-38(27)4)34-28(40)7-5-6-22-8-10-25(11-9-22)39(15-12-31)16-13-32/h8-11,18-21H,5-7,12-17H2,1-4H3,(H,33,41)(H,34,40)(H,35,42). The minimum absolute atomic E-state index is 0.118. The molecular formula is C30H41Cl2N7O3. The fourth-order valence-corrected chi connectivity index (χ4v) is 4.93. The van der Waals surface area contributed by atoms with Crippen molar-refractivity contribution in [2.75, 3.05) is 67.6 Å². The maximum absolute atomic E-state index is 13.0. The summed E-state index contributed by atoms with van der Waals surface area (Å²) >= 11 is 11.8. The first-order valence-electron chi connectivity index (χ1n) is 13.9. The van der Waals surface area contributed by atoms with Gasteiger partial charge in [-0.15, -0.1) is 23.2 Å². The predicted molar refractivity (Wildman–Crippen MR) is 171 cm³/mol. The highest BCUT2D eigenvalue weighted by atomic mass is 35.5. The molecule has 0 aliphatic heterocycles. The maximum atomic E-state index is 13.0. The Bertz CT molecular complexity index is 1330. The van der Waals surface area contributed by atoms with Gasteiger partial charge in [-0.05, 0) is 56.8 Å². The van der Waals surface area contributed by atoms with Crippen molar-refractivity contribution >= 4 is 58.0 Å². The Hall–Kier alpha value is -3.47. The van der Waals surface area contributed by atoms with E-state index in [0.717, 1.165) is 37.3 Å². The number of rotatable bonds is 16. The summed E-state index contributed by atoms with van der Waals surface area (Å²) in [4.78, 5) is 42.2. The van der Waals surface area contributed by atoms with Crippen molar-refractivity contribution in [2.45, 2.75) is 19.3 Å². The summed E-state index contributed by atoms with van der Waals surface area (Å²) in [5.74, 6) is 0.395. The second-order valence-corrected chi connectivity index (χ2v) is 11.2. The lowest BCUT2D eigenvalue weighted by molar-refractivity contribution is -0.116. The highest BCUT2D eigenvalue weighted by Gasteiger charge is 2.17. The van der Waals surface area contributed by atoms with Gasteiger partial charge in [-0.3, -0.25) is 14.4 Å². The fraction of sp³-hybridized carbons (Fsp3) is 0.433. The van der Waals surface area contributed by atoms with Crippen LogP contribution in [0.1, 0.15) is 39.4 Å². The Balaban J connectivity index is 1.49. The molecule has 0 unspecified atom stereocenters. The molecule has 3 N–H and O–H groups in total. The van der Waals surface area contributed by atoms with Crippen LogP contribution in [0.15, 0.2) is 48.8 Å². The van der Waals surface area contributed by atoms with E-state index in [0.29, 0.717) is 53.9 Å². The van der Waals surface area contributed by atoms with Crippen LogP contribution in [0.4, 0.5) is 17.1 Å². The molecular weight excluding hydrogens is 577 g/mol. The molecule has 0 bridgehead atoms. The van der Waals surface area contributed by atoms with E-state index in [4.69, 9.17) is 23.2 Å². The number of carbonyl (C=O) groups excluding carboxylic acids is 3. The van der Waals surface area contributed by atoms with E-state index in [1.807, 2.05) is 19.0 Å². The van der Waals surface area contributed by atoms with Crippen molar-refractivity contribution in [2.24, 2.45) is 14.1 Å². The third kappa shape index (κ3) is 9.82. The molecule has 0 radical (unpaired) electrons. The SMILES string of the molecule is CN(C)CCNC(=O)c1cc(NC(=O)c2cc(NC(=O)CCCc3ccc(N(CCCl)CCCl)cc3)cn2C)cn1C. The maximum Gasteiger partial charge on any atom is 0.272 e. The van der Waals surface area contributed by atoms with Gasteiger partial charge >= 0.3 is 0 Å². The summed E-state index contributed by atoms with van der Waals surface area (Å²) in [6.45, 7) is 2.72. The molecule has 3 aromatic rings. The van der Waals surface area contributed by atoms with Crippen molar-refractivity contribution in [1.82, 2.24) is 19.4 Å². The summed E-state index contributed by atoms with van der Waals surface area (Å²) in [7, 11) is 7.37. The third-order valence-corrected chi connectivity index (χ3v) is 7.08. The van der Waals surface area contributed by atoms with Gasteiger partial charge in [0.25, 0.3) is 11.8 Å². The highest BCUT2D eigenvalue weighted by molar-refractivity contribution is 6.18. The predicted octanol–water partition coefficient (Wildman–Crippen LogP) is 4.15. The average Bonchev–Trinajstić information content (AvgIpc) is 3.49. The number of aryl methyl sites for hydroxylation is 3. The van der Waals surface area contributed by atoms with Crippen LogP contribution < -0.4 is 20.9 Å². The van der Waals surface area contributed by atoms with Gasteiger partial charge in [0.05, 0.1) is 11.4 Å². The summed E-state index contributed by atoms with van der Waals surface area (Å²) in [5, 5.41) is 8.59. The monoisotopic (exact) mass is 617 g/mol. The van der Waals surface area contributed by atoms with Gasteiger partial charge in [-0.1, -0.05) is 12.1 Å². The normalized spacial score (nSPS) is 11.0. The number of halogens is 2. The summed E-state index contributed by atoms with van der Waals surface area (Å²) in [5.41, 5.74) is 4.10. The Morgan fingerprint density at radius 1 is 0.810 bits per heavy atom. The largest absolute Gasteiger partial charge is 0.369 e. The highest BCUT2D eigenvalue weighted by Crippen LogP contribution is 2.19. The second kappa shape index (κ2) is 16.2. The first-order chi connectivity index (χ1) is 20.1. The van der Waals surface area contributed by atoms with Crippen LogP contribution in [-0.2, 0) is 25.3 Å². The molecule has 0 atom stereocenters. The lowest BCUT2D eigenvalue weighted by Crippen LogP contribution is -2.32. The van der Waals surface area contributed by atoms with Gasteiger partial charge in [0.2, 0.25) is 5.91 Å². The van der Waals surface area contributed by atoms with Crippen LogP contribution in [0, 0.1) is 0 Å². The molecule has 1 aromatic carbocycles. The number of likely N-dealkylation sites (N-methyl/N-ethyl adjacent to an activating group) is 1. The number of nitrogens with one attached hydrogen (secondary N) is 3. The number of aromatic nitrogens is 2. The average molecular weight is 619 g/mol. The molecule has 12 heteroatoms. The molecule has 10 nitrogen and oxygen atoms in total. The minimum atomic E-state index is -0.345. The summed E-state index contributed by atoms with van der Waals surface area (Å²) in [6, 6.07) is 11.5. The van der Waals surface area contributed by atoms with E-state index in [9.17, 15) is 14.4 Å². The van der Waals surface area contributed by atoms with Gasteiger partial charge in [-0.2, -0.15) is 0 Å². The third-order valence-electron chi connectivity index (χ3n) is 6.74. The molecule has 0 fully saturated rings. The zero-order valence-corrected chi connectivity index (χ0v) is 26.3. The first kappa shape index (κ1) is 33.0. The van der Waals surface area contributed by atoms with E-state index in [-0.39, 0.29) is 17.7 Å². The van der Waals surface area contributed by atoms with Crippen molar-refractivity contribution in [3.63, 3.8) is 0 Å². The number of amides is 3. The first-order valence-corrected chi connectivity index (χ1v) is 15.0. The van der Waals surface area contributed by atoms with Gasteiger partial charge in [-0.25, -0.2) is 0 Å². The minimum Gasteiger partial charge on any atom is -0.369 e. The van der Waals surface area contributed by atoms with Crippen LogP contribution >= 0.6 is 23.2 Å². The number of hydrogen-bond donors (Lipinski definition) is 3. The van der Waals surface area contributed by atoms with Crippen molar-refractivity contribution in [1.29, 1.82) is 0 Å². The van der Waals surface area contributed by atoms with E-state index < -0.39 is 0 Å². The van der Waals surface area contributed by atoms with Gasteiger partial charge in [0, 0.05) is 76.5 Å². The van der Waals surface area contributed by atoms with E-state index in [1.54, 1.807) is 47.8 Å². The number of nitrogens with zero attached hydrogens (tertiary/aromatic N) is 4. The van der Waals surface area contributed by atoms with Crippen LogP contribution in [0.5, 0.6) is 0 Å². The molecule has 0 saturated heterocycles. The number of alkyl halides is 2. The molecule has 2 aromatic heterocycles. The zero-order valence-electron chi connectivity index (χ0n) is 24.8. The van der Waals surface area contributed by atoms with E-state index >= 15 is 0 Å². The van der Waals surface area contributed by atoms with Gasteiger partial charge < -0.3 is 34.9 Å². The van der Waals surface area contributed by atoms with E-state index in [1.165, 1.54) is 0 Å². The van der Waals surface area contributed by atoms with Gasteiger partial charge in [0.1, 0.15) is 11.4 Å². The van der Waals surface area contributed by atoms with Crippen LogP contribution in [-0.4, -0.2) is 83.8 Å². The molecule has 0 aliphatic rings. The quantitative estimate of drug-likeness (QED) is 0.210. The summed E-state index contributed by atoms with van der Waals surface area (Å²) in [6.07, 6.45) is 5.21. The molecule has 3 amide bonds. The Morgan fingerprint density at radius 3 is 1.95 bits per heavy atom. The van der Waals surface area contributed by atoms with E-state index in [2.05, 4.69) is 45.1 Å². The Morgan fingerprint density at radius 2 is 1.38 bits per heavy atom. The van der Waals surface area contributed by atoms with Crippen molar-refractivity contribution in [3.8, 4) is 0 Å². The Kier molecular flexibility index (Phi) is 12.8.